The van der Waals surface area contributed by atoms with Gasteiger partial charge >= 0.3 is 0 Å². The lowest BCUT2D eigenvalue weighted by Crippen LogP contribution is -2.49. The maximum atomic E-state index is 15.0. The van der Waals surface area contributed by atoms with E-state index < -0.39 is 0 Å². The number of aromatic nitrogens is 1. The summed E-state index contributed by atoms with van der Waals surface area (Å²) in [5, 5.41) is 4.91. The number of para-hydroxylation sites is 1. The van der Waals surface area contributed by atoms with E-state index >= 15 is 4.79 Å². The number of carbonyl (C=O) groups excluding carboxylic acids is 1. The van der Waals surface area contributed by atoms with Crippen LogP contribution in [-0.2, 0) is 6.54 Å². The van der Waals surface area contributed by atoms with Crippen LogP contribution in [0.25, 0.3) is 10.9 Å². The molecule has 2 aliphatic rings. The predicted octanol–water partition coefficient (Wildman–Crippen LogP) is 7.09. The zero-order valence-corrected chi connectivity index (χ0v) is 25.6. The smallest absolute Gasteiger partial charge is 0.270 e. The third-order valence-corrected chi connectivity index (χ3v) is 9.70. The summed E-state index contributed by atoms with van der Waals surface area (Å²) in [5.41, 5.74) is 6.85. The van der Waals surface area contributed by atoms with Crippen molar-refractivity contribution in [1.29, 1.82) is 0 Å². The Hall–Kier alpha value is -4.19. The fraction of sp³-hybridized carbons (Fsp3) is 0.308. The molecule has 5 nitrogen and oxygen atoms in total. The van der Waals surface area contributed by atoms with Gasteiger partial charge in [-0.15, -0.1) is 0 Å². The number of piperazine rings is 1. The Morgan fingerprint density at radius 1 is 0.773 bits per heavy atom. The van der Waals surface area contributed by atoms with Gasteiger partial charge in [-0.2, -0.15) is 0 Å². The number of carbonyl (C=O) groups is 1. The number of fused-ring (bicyclic) bond motifs is 1. The number of hydrogen-bond acceptors (Lipinski definition) is 3. The molecule has 1 aromatic heterocycles. The van der Waals surface area contributed by atoms with Crippen molar-refractivity contribution in [3.05, 3.63) is 143 Å². The average Bonchev–Trinajstić information content (AvgIpc) is 3.74. The van der Waals surface area contributed by atoms with Crippen LogP contribution in [0.1, 0.15) is 64.5 Å². The molecule has 2 saturated heterocycles. The number of benzene rings is 4. The van der Waals surface area contributed by atoms with Crippen molar-refractivity contribution in [3.63, 3.8) is 0 Å². The van der Waals surface area contributed by atoms with Crippen molar-refractivity contribution in [2.45, 2.75) is 44.3 Å². The number of hydrogen-bond donors (Lipinski definition) is 1. The first-order valence-electron chi connectivity index (χ1n) is 16.2. The summed E-state index contributed by atoms with van der Waals surface area (Å²) in [5.74, 6) is 0.0860. The van der Waals surface area contributed by atoms with Gasteiger partial charge in [0.05, 0.1) is 0 Å². The third-order valence-electron chi connectivity index (χ3n) is 9.70. The van der Waals surface area contributed by atoms with E-state index in [9.17, 15) is 0 Å². The van der Waals surface area contributed by atoms with Crippen molar-refractivity contribution >= 4 is 16.8 Å². The molecule has 0 spiro atoms. The molecule has 2 fully saturated rings. The standard InChI is InChI=1S/C39H42N4O/c1-29(34-21-13-23-40-34)43-35-22-12-11-20-33(35)37(36(31-16-7-3-8-17-31)32-18-9-4-10-19-32)38(43)39(44)42-26-24-41(25-27-42)28-30-14-5-2-6-15-30/h2-12,14-20,22,29,34,36,40H,13,21,23-28H2,1H3. The van der Waals surface area contributed by atoms with Gasteiger partial charge in [0.1, 0.15) is 5.69 Å². The van der Waals surface area contributed by atoms with Gasteiger partial charge in [-0.05, 0) is 49.1 Å². The first-order valence-corrected chi connectivity index (χ1v) is 16.2. The highest BCUT2D eigenvalue weighted by molar-refractivity contribution is 6.03. The van der Waals surface area contributed by atoms with E-state index in [2.05, 4.69) is 142 Å². The normalized spacial score (nSPS) is 18.2. The molecule has 224 valence electrons. The summed E-state index contributed by atoms with van der Waals surface area (Å²) in [6, 6.07) is 41.3. The first kappa shape index (κ1) is 28.6. The number of nitrogens with zero attached hydrogens (tertiary/aromatic N) is 3. The van der Waals surface area contributed by atoms with E-state index in [1.54, 1.807) is 0 Å². The van der Waals surface area contributed by atoms with E-state index in [0.29, 0.717) is 6.04 Å². The second-order valence-electron chi connectivity index (χ2n) is 12.4. The molecule has 7 rings (SSSR count). The number of nitrogens with one attached hydrogen (secondary N) is 1. The van der Waals surface area contributed by atoms with Crippen molar-refractivity contribution in [1.82, 2.24) is 19.7 Å². The lowest BCUT2D eigenvalue weighted by molar-refractivity contribution is 0.0614. The first-order chi connectivity index (χ1) is 21.7. The minimum atomic E-state index is -0.0643. The number of rotatable bonds is 8. The molecule has 2 atom stereocenters. The largest absolute Gasteiger partial charge is 0.335 e. The fourth-order valence-electron chi connectivity index (χ4n) is 7.44. The molecule has 2 aliphatic heterocycles. The molecule has 2 unspecified atom stereocenters. The quantitative estimate of drug-likeness (QED) is 0.212. The maximum Gasteiger partial charge on any atom is 0.270 e. The molecule has 5 heteroatoms. The number of amides is 1. The lowest BCUT2D eigenvalue weighted by atomic mass is 9.83. The molecule has 0 radical (unpaired) electrons. The van der Waals surface area contributed by atoms with Crippen LogP contribution in [0.15, 0.2) is 115 Å². The SMILES string of the molecule is CC(C1CCCN1)n1c(C(=O)N2CCN(Cc3ccccc3)CC2)c(C(c2ccccc2)c2ccccc2)c2ccccc21. The zero-order valence-electron chi connectivity index (χ0n) is 25.6. The van der Waals surface area contributed by atoms with Gasteiger partial charge in [-0.25, -0.2) is 0 Å². The Balaban J connectivity index is 1.35. The van der Waals surface area contributed by atoms with Gasteiger partial charge in [0.2, 0.25) is 0 Å². The summed E-state index contributed by atoms with van der Waals surface area (Å²) >= 11 is 0. The van der Waals surface area contributed by atoms with Crippen LogP contribution in [-0.4, -0.2) is 59.0 Å². The van der Waals surface area contributed by atoms with E-state index in [0.717, 1.165) is 62.5 Å². The van der Waals surface area contributed by atoms with Gasteiger partial charge in [-0.3, -0.25) is 9.69 Å². The van der Waals surface area contributed by atoms with Crippen molar-refractivity contribution in [2.24, 2.45) is 0 Å². The van der Waals surface area contributed by atoms with Gasteiger partial charge in [0, 0.05) is 67.2 Å². The Morgan fingerprint density at radius 3 is 1.98 bits per heavy atom. The Labute approximate surface area is 261 Å². The van der Waals surface area contributed by atoms with Crippen molar-refractivity contribution in [3.8, 4) is 0 Å². The molecular weight excluding hydrogens is 540 g/mol. The molecule has 0 aliphatic carbocycles. The second kappa shape index (κ2) is 12.8. The monoisotopic (exact) mass is 582 g/mol. The predicted molar refractivity (Wildman–Crippen MR) is 179 cm³/mol. The molecule has 5 aromatic rings. The van der Waals surface area contributed by atoms with Crippen LogP contribution in [0, 0.1) is 0 Å². The second-order valence-corrected chi connectivity index (χ2v) is 12.4. The van der Waals surface area contributed by atoms with E-state index in [4.69, 9.17) is 0 Å². The summed E-state index contributed by atoms with van der Waals surface area (Å²) in [6.07, 6.45) is 2.29. The minimum absolute atomic E-state index is 0.0643. The lowest BCUT2D eigenvalue weighted by Gasteiger charge is -2.36. The molecule has 0 saturated carbocycles. The highest BCUT2D eigenvalue weighted by Crippen LogP contribution is 2.42. The summed E-state index contributed by atoms with van der Waals surface area (Å²) in [6.45, 7) is 7.45. The van der Waals surface area contributed by atoms with Crippen LogP contribution in [0.2, 0.25) is 0 Å². The Bertz CT molecular complexity index is 1640. The fourth-order valence-corrected chi connectivity index (χ4v) is 7.44. The topological polar surface area (TPSA) is 40.5 Å². The van der Waals surface area contributed by atoms with Crippen molar-refractivity contribution < 1.29 is 4.79 Å². The Morgan fingerprint density at radius 2 is 1.36 bits per heavy atom. The van der Waals surface area contributed by atoms with Crippen LogP contribution in [0.3, 0.4) is 0 Å². The van der Waals surface area contributed by atoms with Gasteiger partial charge < -0.3 is 14.8 Å². The molecule has 3 heterocycles. The van der Waals surface area contributed by atoms with Crippen LogP contribution >= 0.6 is 0 Å². The molecular formula is C39H42N4O. The summed E-state index contributed by atoms with van der Waals surface area (Å²) in [7, 11) is 0. The molecule has 1 amide bonds. The van der Waals surface area contributed by atoms with E-state index in [1.165, 1.54) is 28.5 Å². The molecule has 1 N–H and O–H groups in total. The summed E-state index contributed by atoms with van der Waals surface area (Å²) in [4.78, 5) is 19.6. The van der Waals surface area contributed by atoms with Crippen LogP contribution < -0.4 is 5.32 Å². The van der Waals surface area contributed by atoms with Gasteiger partial charge in [0.15, 0.2) is 0 Å². The van der Waals surface area contributed by atoms with E-state index in [1.807, 2.05) is 0 Å². The van der Waals surface area contributed by atoms with E-state index in [-0.39, 0.29) is 17.9 Å². The summed E-state index contributed by atoms with van der Waals surface area (Å²) < 4.78 is 2.39. The Kier molecular flexibility index (Phi) is 8.32. The molecule has 44 heavy (non-hydrogen) atoms. The maximum absolute atomic E-state index is 15.0. The average molecular weight is 583 g/mol. The van der Waals surface area contributed by atoms with Gasteiger partial charge in [0.25, 0.3) is 5.91 Å². The molecule has 0 bridgehead atoms. The highest BCUT2D eigenvalue weighted by Gasteiger charge is 2.36. The van der Waals surface area contributed by atoms with Crippen LogP contribution in [0.5, 0.6) is 0 Å². The minimum Gasteiger partial charge on any atom is -0.335 e. The zero-order chi connectivity index (χ0) is 29.9. The van der Waals surface area contributed by atoms with Crippen molar-refractivity contribution in [2.75, 3.05) is 32.7 Å². The van der Waals surface area contributed by atoms with Gasteiger partial charge in [-0.1, -0.05) is 109 Å². The highest BCUT2D eigenvalue weighted by atomic mass is 16.2. The third kappa shape index (κ3) is 5.58. The molecule has 4 aromatic carbocycles. The van der Waals surface area contributed by atoms with Crippen LogP contribution in [0.4, 0.5) is 0 Å².